The van der Waals surface area contributed by atoms with Crippen molar-refractivity contribution in [2.45, 2.75) is 4.83 Å². The highest BCUT2D eigenvalue weighted by molar-refractivity contribution is 9.10. The monoisotopic (exact) mass is 436 g/mol. The Bertz CT molecular complexity index is 936. The lowest BCUT2D eigenvalue weighted by molar-refractivity contribution is 1.25. The highest BCUT2D eigenvalue weighted by Gasteiger charge is 2.19. The van der Waals surface area contributed by atoms with Gasteiger partial charge in [0, 0.05) is 13.9 Å². The highest BCUT2D eigenvalue weighted by atomic mass is 79.9. The van der Waals surface area contributed by atoms with Crippen molar-refractivity contribution < 1.29 is 0 Å². The molecule has 1 unspecified atom stereocenters. The zero-order valence-corrected chi connectivity index (χ0v) is 15.7. The van der Waals surface area contributed by atoms with E-state index in [0.29, 0.717) is 0 Å². The summed E-state index contributed by atoms with van der Waals surface area (Å²) >= 11 is 11.2. The Hall–Kier alpha value is -0.680. The molecule has 2 heterocycles. The van der Waals surface area contributed by atoms with Gasteiger partial charge in [-0.2, -0.15) is 0 Å². The largest absolute Gasteiger partial charge is 0.143 e. The average Bonchev–Trinajstić information content (AvgIpc) is 3.11. The second-order valence-corrected chi connectivity index (χ2v) is 8.42. The van der Waals surface area contributed by atoms with Crippen molar-refractivity contribution in [1.29, 1.82) is 0 Å². The number of benzene rings is 2. The molecule has 0 aliphatic heterocycles. The Balaban J connectivity index is 1.90. The molecule has 0 radical (unpaired) electrons. The van der Waals surface area contributed by atoms with Gasteiger partial charge in [0.25, 0.3) is 0 Å². The summed E-state index contributed by atoms with van der Waals surface area (Å²) in [5.74, 6) is 0. The maximum Gasteiger partial charge on any atom is 0.0673 e. The number of alkyl halides is 1. The molecule has 0 saturated heterocycles. The molecular weight excluding hydrogens is 428 g/mol. The summed E-state index contributed by atoms with van der Waals surface area (Å²) in [4.78, 5) is 0.233. The zero-order chi connectivity index (χ0) is 14.4. The predicted octanol–water partition coefficient (Wildman–Crippen LogP) is 7.36. The minimum absolute atomic E-state index is 0.233. The van der Waals surface area contributed by atoms with Crippen molar-refractivity contribution in [1.82, 2.24) is 0 Å². The molecule has 0 N–H and O–H groups in total. The third-order valence-corrected chi connectivity index (χ3v) is 7.58. The Labute approximate surface area is 147 Å². The molecule has 0 aliphatic carbocycles. The fraction of sp³-hybridized carbons (Fsp3) is 0.0588. The third-order valence-electron chi connectivity index (χ3n) is 3.64. The van der Waals surface area contributed by atoms with E-state index in [1.807, 2.05) is 11.3 Å². The van der Waals surface area contributed by atoms with Gasteiger partial charge in [0.05, 0.1) is 4.83 Å². The van der Waals surface area contributed by atoms with Gasteiger partial charge < -0.3 is 0 Å². The first-order valence-electron chi connectivity index (χ1n) is 6.51. The van der Waals surface area contributed by atoms with Crippen LogP contribution >= 0.6 is 54.5 Å². The third kappa shape index (κ3) is 2.29. The van der Waals surface area contributed by atoms with E-state index in [1.165, 1.54) is 35.8 Å². The number of hydrogen-bond donors (Lipinski definition) is 0. The number of rotatable bonds is 2. The van der Waals surface area contributed by atoms with Crippen LogP contribution in [0.25, 0.3) is 20.2 Å². The second-order valence-electron chi connectivity index (χ2n) is 4.86. The van der Waals surface area contributed by atoms with Crippen molar-refractivity contribution in [2.75, 3.05) is 0 Å². The normalized spacial score (nSPS) is 13.0. The van der Waals surface area contributed by atoms with Crippen molar-refractivity contribution in [3.05, 3.63) is 68.8 Å². The topological polar surface area (TPSA) is 0 Å². The van der Waals surface area contributed by atoms with Gasteiger partial charge in [-0.05, 0) is 60.7 Å². The van der Waals surface area contributed by atoms with Crippen molar-refractivity contribution >= 4 is 74.7 Å². The van der Waals surface area contributed by atoms with Crippen LogP contribution in [0.4, 0.5) is 0 Å². The summed E-state index contributed by atoms with van der Waals surface area (Å²) in [6.45, 7) is 0. The van der Waals surface area contributed by atoms with Crippen LogP contribution in [-0.2, 0) is 0 Å². The van der Waals surface area contributed by atoms with E-state index in [4.69, 9.17) is 0 Å². The molecule has 1 atom stereocenters. The summed E-state index contributed by atoms with van der Waals surface area (Å²) in [6, 6.07) is 15.0. The van der Waals surface area contributed by atoms with Crippen LogP contribution in [0.2, 0.25) is 0 Å². The molecule has 0 fully saturated rings. The van der Waals surface area contributed by atoms with E-state index in [0.717, 1.165) is 0 Å². The Morgan fingerprint density at radius 3 is 2.43 bits per heavy atom. The molecule has 21 heavy (non-hydrogen) atoms. The highest BCUT2D eigenvalue weighted by Crippen LogP contribution is 2.44. The van der Waals surface area contributed by atoms with Gasteiger partial charge in [-0.3, -0.25) is 0 Å². The average molecular weight is 438 g/mol. The molecule has 4 rings (SSSR count). The minimum Gasteiger partial charge on any atom is -0.143 e. The van der Waals surface area contributed by atoms with E-state index in [-0.39, 0.29) is 4.83 Å². The lowest BCUT2D eigenvalue weighted by Crippen LogP contribution is -1.89. The fourth-order valence-corrected chi connectivity index (χ4v) is 6.34. The summed E-state index contributed by atoms with van der Waals surface area (Å²) < 4.78 is 3.83. The van der Waals surface area contributed by atoms with E-state index in [2.05, 4.69) is 85.1 Å². The van der Waals surface area contributed by atoms with Crippen LogP contribution < -0.4 is 0 Å². The summed E-state index contributed by atoms with van der Waals surface area (Å²) in [7, 11) is 0. The molecule has 0 bridgehead atoms. The Morgan fingerprint density at radius 2 is 1.52 bits per heavy atom. The van der Waals surface area contributed by atoms with Crippen LogP contribution in [0.5, 0.6) is 0 Å². The van der Waals surface area contributed by atoms with Crippen molar-refractivity contribution in [2.24, 2.45) is 0 Å². The SMILES string of the molecule is Brc1cccc2c(C(Br)c3csc4ccccc34)csc12. The molecule has 0 nitrogen and oxygen atoms in total. The summed E-state index contributed by atoms with van der Waals surface area (Å²) in [5.41, 5.74) is 2.70. The molecule has 104 valence electrons. The molecule has 4 heteroatoms. The van der Waals surface area contributed by atoms with Gasteiger partial charge in [-0.25, -0.2) is 0 Å². The molecule has 2 aromatic heterocycles. The zero-order valence-electron chi connectivity index (χ0n) is 10.8. The van der Waals surface area contributed by atoms with Crippen LogP contribution in [0.15, 0.2) is 57.7 Å². The standard InChI is InChI=1S/C17H10Br2S2/c18-14-6-3-5-11-13(9-21-17(11)14)16(19)12-8-20-15-7-2-1-4-10(12)15/h1-9,16H. The first-order valence-corrected chi connectivity index (χ1v) is 9.98. The molecule has 4 aromatic rings. The van der Waals surface area contributed by atoms with Gasteiger partial charge in [0.15, 0.2) is 0 Å². The lowest BCUT2D eigenvalue weighted by atomic mass is 10.0. The number of halogens is 2. The van der Waals surface area contributed by atoms with E-state index < -0.39 is 0 Å². The molecule has 0 saturated carbocycles. The first-order chi connectivity index (χ1) is 10.3. The van der Waals surface area contributed by atoms with Crippen LogP contribution in [0.1, 0.15) is 16.0 Å². The number of thiophene rings is 2. The molecule has 0 aliphatic rings. The second kappa shape index (κ2) is 5.51. The van der Waals surface area contributed by atoms with Gasteiger partial charge in [-0.15, -0.1) is 22.7 Å². The predicted molar refractivity (Wildman–Crippen MR) is 102 cm³/mol. The van der Waals surface area contributed by atoms with E-state index >= 15 is 0 Å². The smallest absolute Gasteiger partial charge is 0.0673 e. The quantitative estimate of drug-likeness (QED) is 0.287. The first kappa shape index (κ1) is 13.9. The molecular formula is C17H10Br2S2. The fourth-order valence-electron chi connectivity index (χ4n) is 2.60. The van der Waals surface area contributed by atoms with Crippen molar-refractivity contribution in [3.8, 4) is 0 Å². The van der Waals surface area contributed by atoms with Gasteiger partial charge in [-0.1, -0.05) is 46.3 Å². The van der Waals surface area contributed by atoms with Crippen molar-refractivity contribution in [3.63, 3.8) is 0 Å². The maximum atomic E-state index is 3.92. The maximum absolute atomic E-state index is 3.92. The Kier molecular flexibility index (Phi) is 3.66. The molecule has 0 spiro atoms. The van der Waals surface area contributed by atoms with Gasteiger partial charge in [0.2, 0.25) is 0 Å². The Morgan fingerprint density at radius 1 is 0.810 bits per heavy atom. The number of fused-ring (bicyclic) bond motifs is 2. The molecule has 0 amide bonds. The van der Waals surface area contributed by atoms with E-state index in [1.54, 1.807) is 11.3 Å². The minimum atomic E-state index is 0.233. The number of hydrogen-bond acceptors (Lipinski definition) is 2. The van der Waals surface area contributed by atoms with Gasteiger partial charge >= 0.3 is 0 Å². The lowest BCUT2D eigenvalue weighted by Gasteiger charge is -2.09. The van der Waals surface area contributed by atoms with E-state index in [9.17, 15) is 0 Å². The summed E-state index contributed by atoms with van der Waals surface area (Å²) in [6.07, 6.45) is 0. The molecule has 2 aromatic carbocycles. The summed E-state index contributed by atoms with van der Waals surface area (Å²) in [5, 5.41) is 7.21. The van der Waals surface area contributed by atoms with Gasteiger partial charge in [0.1, 0.15) is 0 Å². The van der Waals surface area contributed by atoms with Crippen LogP contribution in [0.3, 0.4) is 0 Å². The van der Waals surface area contributed by atoms with Crippen LogP contribution in [0, 0.1) is 0 Å². The van der Waals surface area contributed by atoms with Crippen LogP contribution in [-0.4, -0.2) is 0 Å².